The van der Waals surface area contributed by atoms with Crippen LogP contribution in [0.5, 0.6) is 0 Å². The Labute approximate surface area is 116 Å². The third-order valence-electron chi connectivity index (χ3n) is 2.80. The van der Waals surface area contributed by atoms with Crippen LogP contribution in [0.25, 0.3) is 11.3 Å². The molecule has 20 heavy (non-hydrogen) atoms. The molecular formula is C13H17N5O2. The fourth-order valence-electron chi connectivity index (χ4n) is 1.85. The van der Waals surface area contributed by atoms with Crippen LogP contribution in [0.3, 0.4) is 0 Å². The van der Waals surface area contributed by atoms with Crippen LogP contribution in [0.15, 0.2) is 30.7 Å². The molecule has 4 N–H and O–H groups in total. The van der Waals surface area contributed by atoms with Gasteiger partial charge in [-0.2, -0.15) is 0 Å². The van der Waals surface area contributed by atoms with Gasteiger partial charge >= 0.3 is 0 Å². The molecule has 0 aromatic carbocycles. The van der Waals surface area contributed by atoms with E-state index in [1.54, 1.807) is 23.5 Å². The zero-order valence-corrected chi connectivity index (χ0v) is 11.0. The van der Waals surface area contributed by atoms with Crippen molar-refractivity contribution >= 4 is 11.6 Å². The van der Waals surface area contributed by atoms with Crippen LogP contribution in [-0.2, 0) is 0 Å². The Morgan fingerprint density at radius 1 is 1.10 bits per heavy atom. The number of hydrogen-bond acceptors (Lipinski definition) is 7. The third kappa shape index (κ3) is 3.19. The van der Waals surface area contributed by atoms with Gasteiger partial charge in [-0.15, -0.1) is 0 Å². The van der Waals surface area contributed by atoms with Crippen LogP contribution in [0.1, 0.15) is 0 Å². The normalized spacial score (nSPS) is 10.5. The molecule has 7 nitrogen and oxygen atoms in total. The van der Waals surface area contributed by atoms with E-state index >= 15 is 0 Å². The first-order valence-corrected chi connectivity index (χ1v) is 6.26. The molecule has 2 rings (SSSR count). The summed E-state index contributed by atoms with van der Waals surface area (Å²) >= 11 is 0. The van der Waals surface area contributed by atoms with Crippen molar-refractivity contribution in [2.24, 2.45) is 0 Å². The first kappa shape index (κ1) is 14.2. The first-order valence-electron chi connectivity index (χ1n) is 6.26. The molecule has 106 valence electrons. The molecule has 0 amide bonds. The first-order chi connectivity index (χ1) is 9.76. The average Bonchev–Trinajstić information content (AvgIpc) is 2.48. The monoisotopic (exact) mass is 275 g/mol. The van der Waals surface area contributed by atoms with Crippen molar-refractivity contribution in [3.05, 3.63) is 30.7 Å². The van der Waals surface area contributed by atoms with Crippen molar-refractivity contribution in [2.45, 2.75) is 0 Å². The highest BCUT2D eigenvalue weighted by Crippen LogP contribution is 2.23. The molecule has 0 aliphatic rings. The number of aliphatic hydroxyl groups is 2. The predicted molar refractivity (Wildman–Crippen MR) is 76.1 cm³/mol. The predicted octanol–water partition coefficient (Wildman–Crippen LogP) is -0.0882. The molecule has 0 fully saturated rings. The zero-order valence-electron chi connectivity index (χ0n) is 11.0. The minimum Gasteiger partial charge on any atom is -0.395 e. The zero-order chi connectivity index (χ0) is 14.4. The molecule has 0 saturated heterocycles. The molecule has 0 saturated carbocycles. The second-order valence-corrected chi connectivity index (χ2v) is 4.13. The van der Waals surface area contributed by atoms with Gasteiger partial charge in [0.2, 0.25) is 0 Å². The number of anilines is 2. The van der Waals surface area contributed by atoms with Gasteiger partial charge in [0, 0.05) is 31.0 Å². The number of nitrogen functional groups attached to an aromatic ring is 1. The molecule has 2 aromatic heterocycles. The van der Waals surface area contributed by atoms with E-state index in [1.807, 2.05) is 12.1 Å². The summed E-state index contributed by atoms with van der Waals surface area (Å²) in [4.78, 5) is 14.3. The van der Waals surface area contributed by atoms with Gasteiger partial charge in [0.1, 0.15) is 0 Å². The van der Waals surface area contributed by atoms with Gasteiger partial charge in [-0.1, -0.05) is 0 Å². The fourth-order valence-corrected chi connectivity index (χ4v) is 1.85. The number of rotatable bonds is 6. The van der Waals surface area contributed by atoms with Crippen LogP contribution >= 0.6 is 0 Å². The van der Waals surface area contributed by atoms with Crippen molar-refractivity contribution < 1.29 is 10.2 Å². The Morgan fingerprint density at radius 3 is 2.35 bits per heavy atom. The van der Waals surface area contributed by atoms with E-state index in [0.717, 1.165) is 5.56 Å². The van der Waals surface area contributed by atoms with E-state index in [0.29, 0.717) is 24.6 Å². The Kier molecular flexibility index (Phi) is 4.80. The van der Waals surface area contributed by atoms with Crippen molar-refractivity contribution in [1.82, 2.24) is 15.0 Å². The second kappa shape index (κ2) is 6.78. The Morgan fingerprint density at radius 2 is 1.75 bits per heavy atom. The van der Waals surface area contributed by atoms with Gasteiger partial charge in [0.05, 0.1) is 25.1 Å². The number of nitrogens with two attached hydrogens (primary N) is 1. The molecule has 0 spiro atoms. The van der Waals surface area contributed by atoms with Crippen LogP contribution in [0, 0.1) is 0 Å². The van der Waals surface area contributed by atoms with E-state index < -0.39 is 0 Å². The van der Waals surface area contributed by atoms with Gasteiger partial charge < -0.3 is 20.8 Å². The Bertz CT molecular complexity index is 544. The Hall–Kier alpha value is -2.25. The third-order valence-corrected chi connectivity index (χ3v) is 2.80. The smallest absolute Gasteiger partial charge is 0.172 e. The lowest BCUT2D eigenvalue weighted by Gasteiger charge is -2.23. The van der Waals surface area contributed by atoms with Crippen molar-refractivity contribution in [1.29, 1.82) is 0 Å². The fraction of sp³-hybridized carbons (Fsp3) is 0.308. The maximum atomic E-state index is 9.08. The minimum atomic E-state index is -0.0550. The number of nitrogens with zero attached hydrogens (tertiary/aromatic N) is 4. The second-order valence-electron chi connectivity index (χ2n) is 4.13. The molecule has 2 aromatic rings. The highest BCUT2D eigenvalue weighted by molar-refractivity contribution is 5.65. The van der Waals surface area contributed by atoms with E-state index in [2.05, 4.69) is 15.0 Å². The largest absolute Gasteiger partial charge is 0.395 e. The highest BCUT2D eigenvalue weighted by atomic mass is 16.3. The lowest BCUT2D eigenvalue weighted by atomic mass is 10.2. The van der Waals surface area contributed by atoms with Crippen molar-refractivity contribution in [2.75, 3.05) is 36.9 Å². The molecule has 0 bridgehead atoms. The lowest BCUT2D eigenvalue weighted by Crippen LogP contribution is -2.31. The molecule has 2 heterocycles. The summed E-state index contributed by atoms with van der Waals surface area (Å²) in [6.07, 6.45) is 4.93. The van der Waals surface area contributed by atoms with Crippen molar-refractivity contribution in [3.8, 4) is 11.3 Å². The lowest BCUT2D eigenvalue weighted by molar-refractivity contribution is 0.280. The number of aromatic nitrogens is 3. The molecular weight excluding hydrogens is 258 g/mol. The summed E-state index contributed by atoms with van der Waals surface area (Å²) in [5, 5.41) is 18.2. The van der Waals surface area contributed by atoms with Crippen LogP contribution < -0.4 is 10.6 Å². The van der Waals surface area contributed by atoms with Gasteiger partial charge in [-0.25, -0.2) is 9.97 Å². The number of hydrogen-bond donors (Lipinski definition) is 3. The van der Waals surface area contributed by atoms with E-state index in [9.17, 15) is 0 Å². The average molecular weight is 275 g/mol. The molecule has 0 unspecified atom stereocenters. The summed E-state index contributed by atoms with van der Waals surface area (Å²) in [6.45, 7) is 0.555. The summed E-state index contributed by atoms with van der Waals surface area (Å²) in [5.41, 5.74) is 7.38. The van der Waals surface area contributed by atoms with E-state index in [-0.39, 0.29) is 19.0 Å². The topological polar surface area (TPSA) is 108 Å². The maximum Gasteiger partial charge on any atom is 0.172 e. The standard InChI is InChI=1S/C13H17N5O2/c14-12-13(18(5-7-19)6-8-20)17-11(9-16-12)10-1-3-15-4-2-10/h1-4,9,19-20H,5-8H2,(H2,14,16). The SMILES string of the molecule is Nc1ncc(-c2ccncc2)nc1N(CCO)CCO. The van der Waals surface area contributed by atoms with E-state index in [1.165, 1.54) is 0 Å². The Balaban J connectivity index is 2.37. The number of aliphatic hydroxyl groups excluding tert-OH is 2. The van der Waals surface area contributed by atoms with Gasteiger partial charge in [0.25, 0.3) is 0 Å². The van der Waals surface area contributed by atoms with Gasteiger partial charge in [-0.3, -0.25) is 4.98 Å². The quantitative estimate of drug-likeness (QED) is 0.676. The number of pyridine rings is 1. The van der Waals surface area contributed by atoms with Crippen LogP contribution in [0.2, 0.25) is 0 Å². The van der Waals surface area contributed by atoms with Crippen molar-refractivity contribution in [3.63, 3.8) is 0 Å². The van der Waals surface area contributed by atoms with Gasteiger partial charge in [-0.05, 0) is 12.1 Å². The molecule has 0 aliphatic carbocycles. The molecule has 0 atom stereocenters. The molecule has 0 aliphatic heterocycles. The molecule has 0 radical (unpaired) electrons. The van der Waals surface area contributed by atoms with Gasteiger partial charge in [0.15, 0.2) is 11.6 Å². The highest BCUT2D eigenvalue weighted by Gasteiger charge is 2.13. The van der Waals surface area contributed by atoms with Crippen LogP contribution in [-0.4, -0.2) is 51.5 Å². The van der Waals surface area contributed by atoms with E-state index in [4.69, 9.17) is 15.9 Å². The maximum absolute atomic E-state index is 9.08. The molecule has 7 heteroatoms. The summed E-state index contributed by atoms with van der Waals surface area (Å²) in [6, 6.07) is 3.65. The minimum absolute atomic E-state index is 0.0550. The summed E-state index contributed by atoms with van der Waals surface area (Å²) in [7, 11) is 0. The summed E-state index contributed by atoms with van der Waals surface area (Å²) < 4.78 is 0. The summed E-state index contributed by atoms with van der Waals surface area (Å²) in [5.74, 6) is 0.729. The van der Waals surface area contributed by atoms with Crippen LogP contribution in [0.4, 0.5) is 11.6 Å².